The van der Waals surface area contributed by atoms with Gasteiger partial charge < -0.3 is 14.7 Å². The number of rotatable bonds is 6. The van der Waals surface area contributed by atoms with Crippen LogP contribution in [0.1, 0.15) is 43.6 Å². The Balaban J connectivity index is 1.43. The highest BCUT2D eigenvalue weighted by molar-refractivity contribution is 6.05. The lowest BCUT2D eigenvalue weighted by atomic mass is 9.72. The minimum absolute atomic E-state index is 0.121. The molecule has 40 heavy (non-hydrogen) atoms. The fraction of sp³-hybridized carbons (Fsp3) is 0.367. The maximum Gasteiger partial charge on any atom is 0.407 e. The lowest BCUT2D eigenvalue weighted by Gasteiger charge is -2.54. The summed E-state index contributed by atoms with van der Waals surface area (Å²) in [4.78, 5) is 33.9. The predicted octanol–water partition coefficient (Wildman–Crippen LogP) is 6.03. The molecule has 10 heteroatoms. The Morgan fingerprint density at radius 3 is 2.35 bits per heavy atom. The van der Waals surface area contributed by atoms with Crippen molar-refractivity contribution >= 4 is 17.7 Å². The van der Waals surface area contributed by atoms with Crippen LogP contribution in [0.25, 0.3) is 0 Å². The summed E-state index contributed by atoms with van der Waals surface area (Å²) in [6.45, 7) is 9.89. The lowest BCUT2D eigenvalue weighted by Crippen LogP contribution is -2.67. The van der Waals surface area contributed by atoms with E-state index >= 15 is 4.39 Å². The van der Waals surface area contributed by atoms with Crippen LogP contribution in [0.5, 0.6) is 11.6 Å². The molecule has 0 aliphatic carbocycles. The summed E-state index contributed by atoms with van der Waals surface area (Å²) >= 11 is 0. The van der Waals surface area contributed by atoms with E-state index in [1.807, 2.05) is 27.7 Å². The highest BCUT2D eigenvalue weighted by Gasteiger charge is 2.48. The van der Waals surface area contributed by atoms with Crippen LogP contribution in [0.15, 0.2) is 60.8 Å². The Morgan fingerprint density at radius 2 is 1.77 bits per heavy atom. The molecular weight excluding hydrogens is 518 g/mol. The van der Waals surface area contributed by atoms with Crippen molar-refractivity contribution in [2.75, 3.05) is 31.6 Å². The van der Waals surface area contributed by atoms with Gasteiger partial charge in [0.15, 0.2) is 0 Å². The van der Waals surface area contributed by atoms with Gasteiger partial charge >= 0.3 is 6.09 Å². The van der Waals surface area contributed by atoms with E-state index in [2.05, 4.69) is 9.88 Å². The van der Waals surface area contributed by atoms with E-state index in [0.29, 0.717) is 31.9 Å². The largest absolute Gasteiger partial charge is 0.465 e. The lowest BCUT2D eigenvalue weighted by molar-refractivity contribution is -0.0462. The average molecular weight is 553 g/mol. The maximum atomic E-state index is 15.2. The molecule has 2 amide bonds. The van der Waals surface area contributed by atoms with Crippen molar-refractivity contribution in [2.24, 2.45) is 5.41 Å². The molecule has 1 fully saturated rings. The molecule has 0 radical (unpaired) electrons. The Morgan fingerprint density at radius 1 is 1.07 bits per heavy atom. The number of aromatic nitrogens is 1. The zero-order chi connectivity index (χ0) is 29.2. The van der Waals surface area contributed by atoms with E-state index in [4.69, 9.17) is 4.74 Å². The Hall–Kier alpha value is -4.05. The van der Waals surface area contributed by atoms with Crippen LogP contribution < -0.4 is 9.64 Å². The van der Waals surface area contributed by atoms with Crippen LogP contribution in [0.2, 0.25) is 0 Å². The number of carbonyl (C=O) groups is 2. The van der Waals surface area contributed by atoms with Crippen LogP contribution in [0.4, 0.5) is 19.3 Å². The fourth-order valence-electron chi connectivity index (χ4n) is 4.84. The zero-order valence-electron chi connectivity index (χ0n) is 23.3. The van der Waals surface area contributed by atoms with Gasteiger partial charge in [-0.15, -0.1) is 0 Å². The molecule has 4 rings (SSSR count). The first kappa shape index (κ1) is 28.9. The monoisotopic (exact) mass is 552 g/mol. The third-order valence-electron chi connectivity index (χ3n) is 7.72. The summed E-state index contributed by atoms with van der Waals surface area (Å²) in [6.07, 6.45) is 0.401. The number of ether oxygens (including phenoxy) is 1. The van der Waals surface area contributed by atoms with Crippen LogP contribution in [-0.2, 0) is 6.54 Å². The van der Waals surface area contributed by atoms with Crippen molar-refractivity contribution in [3.05, 3.63) is 83.6 Å². The number of piperazine rings is 1. The van der Waals surface area contributed by atoms with Crippen LogP contribution in [0.3, 0.4) is 0 Å². The normalized spacial score (nSPS) is 17.9. The fourth-order valence-corrected chi connectivity index (χ4v) is 4.84. The molecule has 1 atom stereocenters. The molecule has 2 heterocycles. The summed E-state index contributed by atoms with van der Waals surface area (Å²) in [7, 11) is 1.49. The van der Waals surface area contributed by atoms with Gasteiger partial charge in [0.1, 0.15) is 17.4 Å². The number of nitrogens with zero attached hydrogens (tertiary/aromatic N) is 4. The van der Waals surface area contributed by atoms with Gasteiger partial charge in [0.05, 0.1) is 16.8 Å². The Labute approximate surface area is 232 Å². The average Bonchev–Trinajstić information content (AvgIpc) is 2.89. The smallest absolute Gasteiger partial charge is 0.407 e. The van der Waals surface area contributed by atoms with Crippen molar-refractivity contribution in [3.63, 3.8) is 0 Å². The van der Waals surface area contributed by atoms with Gasteiger partial charge in [-0.1, -0.05) is 26.8 Å². The first-order valence-corrected chi connectivity index (χ1v) is 13.0. The van der Waals surface area contributed by atoms with E-state index in [1.54, 1.807) is 12.1 Å². The van der Waals surface area contributed by atoms with Gasteiger partial charge in [0.25, 0.3) is 5.91 Å². The number of amides is 2. The Kier molecular flexibility index (Phi) is 8.11. The molecule has 1 aliphatic rings. The minimum Gasteiger partial charge on any atom is -0.465 e. The second-order valence-corrected chi connectivity index (χ2v) is 11.3. The SMILES string of the molecule is CN(C(=O)c1ccc(Oc2ccc(F)cc2)nc1)c1ccc(CN2CCN(C(=O)O)[C@@](C)(C(C)(C)C)C2)cc1F. The molecule has 0 saturated carbocycles. The van der Waals surface area contributed by atoms with Gasteiger partial charge in [0.2, 0.25) is 5.88 Å². The van der Waals surface area contributed by atoms with Gasteiger partial charge in [-0.05, 0) is 60.4 Å². The van der Waals surface area contributed by atoms with Crippen LogP contribution >= 0.6 is 0 Å². The van der Waals surface area contributed by atoms with Crippen molar-refractivity contribution < 1.29 is 28.2 Å². The topological polar surface area (TPSA) is 86.2 Å². The number of hydrogen-bond donors (Lipinski definition) is 1. The number of benzene rings is 2. The predicted molar refractivity (Wildman–Crippen MR) is 148 cm³/mol. The Bertz CT molecular complexity index is 1380. The third kappa shape index (κ3) is 6.07. The molecule has 212 valence electrons. The summed E-state index contributed by atoms with van der Waals surface area (Å²) in [5, 5.41) is 9.75. The highest BCUT2D eigenvalue weighted by atomic mass is 19.1. The molecule has 2 aromatic carbocycles. The molecule has 1 aliphatic heterocycles. The van der Waals surface area contributed by atoms with E-state index in [1.165, 1.54) is 65.5 Å². The van der Waals surface area contributed by atoms with Gasteiger partial charge in [-0.3, -0.25) is 14.6 Å². The van der Waals surface area contributed by atoms with Gasteiger partial charge in [-0.2, -0.15) is 0 Å². The molecule has 1 aromatic heterocycles. The molecule has 0 bridgehead atoms. The molecule has 8 nitrogen and oxygen atoms in total. The maximum absolute atomic E-state index is 15.2. The van der Waals surface area contributed by atoms with Crippen molar-refractivity contribution in [3.8, 4) is 11.6 Å². The number of anilines is 1. The summed E-state index contributed by atoms with van der Waals surface area (Å²) in [5.41, 5.74) is 0.176. The number of pyridine rings is 1. The molecular formula is C30H34F2N4O4. The number of carbonyl (C=O) groups excluding carboxylic acids is 1. The van der Waals surface area contributed by atoms with Crippen LogP contribution in [0, 0.1) is 17.0 Å². The quantitative estimate of drug-likeness (QED) is 0.402. The molecule has 0 spiro atoms. The number of hydrogen-bond acceptors (Lipinski definition) is 5. The second kappa shape index (κ2) is 11.2. The summed E-state index contributed by atoms with van der Waals surface area (Å²) < 4.78 is 33.9. The van der Waals surface area contributed by atoms with E-state index < -0.39 is 23.4 Å². The molecule has 0 unspecified atom stereocenters. The number of halogens is 2. The molecule has 3 aromatic rings. The zero-order valence-corrected chi connectivity index (χ0v) is 23.3. The van der Waals surface area contributed by atoms with E-state index in [-0.39, 0.29) is 28.4 Å². The number of carboxylic acid groups (broad SMARTS) is 1. The van der Waals surface area contributed by atoms with Crippen molar-refractivity contribution in [1.82, 2.24) is 14.8 Å². The highest BCUT2D eigenvalue weighted by Crippen LogP contribution is 2.39. The summed E-state index contributed by atoms with van der Waals surface area (Å²) in [5.74, 6) is -0.739. The standard InChI is InChI=1S/C30H34F2N4O4/c1-29(2,3)30(4)19-35(14-15-36(30)28(38)39)18-20-6-12-25(24(32)16-20)34(5)27(37)21-7-13-26(33-17-21)40-23-10-8-22(31)9-11-23/h6-13,16-17H,14-15,18-19H2,1-5H3,(H,38,39)/t30-/m1/s1. The van der Waals surface area contributed by atoms with E-state index in [0.717, 1.165) is 5.56 Å². The van der Waals surface area contributed by atoms with Crippen molar-refractivity contribution in [2.45, 2.75) is 39.8 Å². The minimum atomic E-state index is -0.939. The third-order valence-corrected chi connectivity index (χ3v) is 7.72. The molecule has 1 N–H and O–H groups in total. The first-order chi connectivity index (χ1) is 18.8. The summed E-state index contributed by atoms with van der Waals surface area (Å²) in [6, 6.07) is 13.3. The molecule has 1 saturated heterocycles. The van der Waals surface area contributed by atoms with Crippen LogP contribution in [-0.4, -0.2) is 64.1 Å². The van der Waals surface area contributed by atoms with E-state index in [9.17, 15) is 19.1 Å². The first-order valence-electron chi connectivity index (χ1n) is 13.0. The van der Waals surface area contributed by atoms with Gasteiger partial charge in [0, 0.05) is 45.5 Å². The van der Waals surface area contributed by atoms with Gasteiger partial charge in [-0.25, -0.2) is 18.6 Å². The second-order valence-electron chi connectivity index (χ2n) is 11.3. The van der Waals surface area contributed by atoms with Crippen molar-refractivity contribution in [1.29, 1.82) is 0 Å².